The Morgan fingerprint density at radius 3 is 2.03 bits per heavy atom. The van der Waals surface area contributed by atoms with Crippen molar-refractivity contribution in [3.8, 4) is 5.75 Å². The number of anilines is 2. The third-order valence-electron chi connectivity index (χ3n) is 4.83. The summed E-state index contributed by atoms with van der Waals surface area (Å²) in [6.07, 6.45) is -6.09. The van der Waals surface area contributed by atoms with E-state index in [1.807, 2.05) is 6.07 Å². The third kappa shape index (κ3) is 6.83. The molecule has 3 aromatic rings. The summed E-state index contributed by atoms with van der Waals surface area (Å²) in [4.78, 5) is 39.6. The van der Waals surface area contributed by atoms with Crippen LogP contribution in [0.4, 0.5) is 24.5 Å². The number of nitrogens with one attached hydrogen (secondary N) is 1. The molecule has 0 aliphatic carbocycles. The second-order valence-corrected chi connectivity index (χ2v) is 7.35. The maximum Gasteiger partial charge on any atom is 0.573 e. The molecule has 2 amide bonds. The first-order valence-corrected chi connectivity index (χ1v) is 10.3. The van der Waals surface area contributed by atoms with Crippen LogP contribution in [0.5, 0.6) is 5.75 Å². The van der Waals surface area contributed by atoms with Crippen LogP contribution in [0, 0.1) is 0 Å². The number of hydrogen-bond donors (Lipinski definition) is 1. The lowest BCUT2D eigenvalue weighted by molar-refractivity contribution is -0.274. The molecule has 3 rings (SSSR count). The van der Waals surface area contributed by atoms with E-state index in [9.17, 15) is 27.6 Å². The van der Waals surface area contributed by atoms with Gasteiger partial charge in [-0.3, -0.25) is 9.59 Å². The fourth-order valence-electron chi connectivity index (χ4n) is 3.06. The van der Waals surface area contributed by atoms with Gasteiger partial charge in [0, 0.05) is 18.4 Å². The van der Waals surface area contributed by atoms with Crippen molar-refractivity contribution in [1.29, 1.82) is 0 Å². The molecule has 1 N–H and O–H groups in total. The molecule has 35 heavy (non-hydrogen) atoms. The molecule has 10 heteroatoms. The van der Waals surface area contributed by atoms with Crippen molar-refractivity contribution in [2.45, 2.75) is 19.4 Å². The number of carbonyl (C=O) groups is 3. The van der Waals surface area contributed by atoms with Crippen LogP contribution < -0.4 is 15.0 Å². The smallest absolute Gasteiger partial charge is 0.449 e. The molecule has 0 saturated carbocycles. The van der Waals surface area contributed by atoms with Crippen molar-refractivity contribution in [2.24, 2.45) is 0 Å². The second-order valence-electron chi connectivity index (χ2n) is 7.35. The Bertz CT molecular complexity index is 1200. The topological polar surface area (TPSA) is 84.9 Å². The Morgan fingerprint density at radius 1 is 0.857 bits per heavy atom. The van der Waals surface area contributed by atoms with E-state index in [0.29, 0.717) is 5.69 Å². The highest BCUT2D eigenvalue weighted by atomic mass is 19.4. The monoisotopic (exact) mass is 486 g/mol. The maximum atomic E-state index is 13.0. The van der Waals surface area contributed by atoms with Crippen LogP contribution in [0.25, 0.3) is 0 Å². The SMILES string of the molecule is CC(OC(=O)c1ccccc1C(=O)N(C)c1ccccc1)C(=O)Nc1ccc(OC(F)(F)F)cc1. The van der Waals surface area contributed by atoms with Gasteiger partial charge in [0.1, 0.15) is 5.75 Å². The van der Waals surface area contributed by atoms with Gasteiger partial charge in [-0.1, -0.05) is 30.3 Å². The maximum absolute atomic E-state index is 13.0. The van der Waals surface area contributed by atoms with Crippen molar-refractivity contribution >= 4 is 29.2 Å². The quantitative estimate of drug-likeness (QED) is 0.473. The largest absolute Gasteiger partial charge is 0.573 e. The van der Waals surface area contributed by atoms with Gasteiger partial charge in [-0.15, -0.1) is 13.2 Å². The van der Waals surface area contributed by atoms with Gasteiger partial charge in [0.05, 0.1) is 11.1 Å². The number of rotatable bonds is 7. The molecule has 1 unspecified atom stereocenters. The summed E-state index contributed by atoms with van der Waals surface area (Å²) in [6.45, 7) is 1.33. The standard InChI is InChI=1S/C25H21F3N2O5/c1-16(22(31)29-17-12-14-19(15-13-17)35-25(26,27)28)34-24(33)21-11-7-6-10-20(21)23(32)30(2)18-8-4-3-5-9-18/h3-16H,1-2H3,(H,29,31). The number of ether oxygens (including phenoxy) is 2. The van der Waals surface area contributed by atoms with E-state index in [4.69, 9.17) is 4.74 Å². The minimum absolute atomic E-state index is 0.0198. The minimum atomic E-state index is -4.83. The summed E-state index contributed by atoms with van der Waals surface area (Å²) in [5.41, 5.74) is 0.873. The first-order chi connectivity index (χ1) is 16.5. The van der Waals surface area contributed by atoms with Crippen molar-refractivity contribution in [3.05, 3.63) is 90.0 Å². The number of benzene rings is 3. The fraction of sp³-hybridized carbons (Fsp3) is 0.160. The molecular formula is C25H21F3N2O5. The zero-order chi connectivity index (χ0) is 25.6. The van der Waals surface area contributed by atoms with Crippen LogP contribution in [-0.4, -0.2) is 37.3 Å². The number of halogens is 3. The van der Waals surface area contributed by atoms with E-state index in [2.05, 4.69) is 10.1 Å². The van der Waals surface area contributed by atoms with Gasteiger partial charge >= 0.3 is 12.3 Å². The van der Waals surface area contributed by atoms with Crippen molar-refractivity contribution in [1.82, 2.24) is 0 Å². The minimum Gasteiger partial charge on any atom is -0.449 e. The highest BCUT2D eigenvalue weighted by Crippen LogP contribution is 2.24. The van der Waals surface area contributed by atoms with Gasteiger partial charge in [-0.25, -0.2) is 4.79 Å². The van der Waals surface area contributed by atoms with Gasteiger partial charge in [-0.2, -0.15) is 0 Å². The van der Waals surface area contributed by atoms with Crippen LogP contribution in [0.2, 0.25) is 0 Å². The molecule has 0 radical (unpaired) electrons. The second kappa shape index (κ2) is 10.7. The molecule has 1 atom stereocenters. The molecular weight excluding hydrogens is 465 g/mol. The summed E-state index contributed by atoms with van der Waals surface area (Å²) in [5.74, 6) is -2.49. The van der Waals surface area contributed by atoms with E-state index in [1.54, 1.807) is 43.4 Å². The zero-order valence-electron chi connectivity index (χ0n) is 18.7. The summed E-state index contributed by atoms with van der Waals surface area (Å²) in [6, 6.07) is 19.4. The number of carbonyl (C=O) groups excluding carboxylic acids is 3. The lowest BCUT2D eigenvalue weighted by Gasteiger charge is -2.19. The first kappa shape index (κ1) is 25.3. The van der Waals surface area contributed by atoms with Gasteiger partial charge in [0.25, 0.3) is 11.8 Å². The molecule has 0 aliphatic rings. The van der Waals surface area contributed by atoms with Gasteiger partial charge in [0.2, 0.25) is 0 Å². The number of para-hydroxylation sites is 1. The highest BCUT2D eigenvalue weighted by Gasteiger charge is 2.31. The van der Waals surface area contributed by atoms with E-state index in [0.717, 1.165) is 12.1 Å². The molecule has 0 aliphatic heterocycles. The third-order valence-corrected chi connectivity index (χ3v) is 4.83. The van der Waals surface area contributed by atoms with Crippen molar-refractivity contribution in [2.75, 3.05) is 17.3 Å². The van der Waals surface area contributed by atoms with Crippen molar-refractivity contribution in [3.63, 3.8) is 0 Å². The Balaban J connectivity index is 1.66. The zero-order valence-corrected chi connectivity index (χ0v) is 18.7. The molecule has 0 saturated heterocycles. The Hall–Kier alpha value is -4.34. The molecule has 0 heterocycles. The molecule has 3 aromatic carbocycles. The fourth-order valence-corrected chi connectivity index (χ4v) is 3.06. The number of amides is 2. The number of nitrogens with zero attached hydrogens (tertiary/aromatic N) is 1. The normalized spacial score (nSPS) is 11.8. The van der Waals surface area contributed by atoms with Gasteiger partial charge < -0.3 is 19.7 Å². The first-order valence-electron chi connectivity index (χ1n) is 10.3. The lowest BCUT2D eigenvalue weighted by Crippen LogP contribution is -2.32. The van der Waals surface area contributed by atoms with Crippen molar-refractivity contribution < 1.29 is 37.0 Å². The average Bonchev–Trinajstić information content (AvgIpc) is 2.83. The Labute approximate surface area is 199 Å². The molecule has 0 bridgehead atoms. The van der Waals surface area contributed by atoms with Crippen LogP contribution in [0.3, 0.4) is 0 Å². The van der Waals surface area contributed by atoms with E-state index in [-0.39, 0.29) is 16.8 Å². The Morgan fingerprint density at radius 2 is 1.43 bits per heavy atom. The highest BCUT2D eigenvalue weighted by molar-refractivity contribution is 6.12. The van der Waals surface area contributed by atoms with Crippen LogP contribution >= 0.6 is 0 Å². The molecule has 7 nitrogen and oxygen atoms in total. The van der Waals surface area contributed by atoms with Crippen LogP contribution in [0.1, 0.15) is 27.6 Å². The van der Waals surface area contributed by atoms with E-state index >= 15 is 0 Å². The predicted octanol–water partition coefficient (Wildman–Crippen LogP) is 5.05. The van der Waals surface area contributed by atoms with E-state index < -0.39 is 36.0 Å². The molecule has 182 valence electrons. The van der Waals surface area contributed by atoms with Crippen LogP contribution in [0.15, 0.2) is 78.9 Å². The summed E-state index contributed by atoms with van der Waals surface area (Å²) < 4.78 is 45.8. The summed E-state index contributed by atoms with van der Waals surface area (Å²) in [5, 5.41) is 2.44. The summed E-state index contributed by atoms with van der Waals surface area (Å²) >= 11 is 0. The van der Waals surface area contributed by atoms with E-state index in [1.165, 1.54) is 36.1 Å². The molecule has 0 aromatic heterocycles. The summed E-state index contributed by atoms with van der Waals surface area (Å²) in [7, 11) is 1.57. The molecule has 0 fully saturated rings. The average molecular weight is 486 g/mol. The van der Waals surface area contributed by atoms with Gasteiger partial charge in [0.15, 0.2) is 6.10 Å². The number of esters is 1. The number of hydrogen-bond acceptors (Lipinski definition) is 5. The Kier molecular flexibility index (Phi) is 7.75. The predicted molar refractivity (Wildman–Crippen MR) is 122 cm³/mol. The van der Waals surface area contributed by atoms with Crippen LogP contribution in [-0.2, 0) is 9.53 Å². The number of alkyl halides is 3. The lowest BCUT2D eigenvalue weighted by atomic mass is 10.1. The van der Waals surface area contributed by atoms with Gasteiger partial charge in [-0.05, 0) is 55.5 Å². The molecule has 0 spiro atoms.